The molecule has 27 heavy (non-hydrogen) atoms. The molecule has 6 nitrogen and oxygen atoms in total. The van der Waals surface area contributed by atoms with Gasteiger partial charge >= 0.3 is 5.97 Å². The summed E-state index contributed by atoms with van der Waals surface area (Å²) in [6, 6.07) is 7.74. The Hall–Kier alpha value is -2.67. The summed E-state index contributed by atoms with van der Waals surface area (Å²) in [5, 5.41) is 3.36. The first-order chi connectivity index (χ1) is 13.0. The monoisotopic (exact) mass is 432 g/mol. The van der Waals surface area contributed by atoms with Crippen LogP contribution in [0.5, 0.6) is 5.75 Å². The van der Waals surface area contributed by atoms with Crippen molar-refractivity contribution in [2.24, 2.45) is 0 Å². The predicted molar refractivity (Wildman–Crippen MR) is 107 cm³/mol. The molecule has 3 rings (SSSR count). The Kier molecular flexibility index (Phi) is 7.12. The van der Waals surface area contributed by atoms with Gasteiger partial charge in [0, 0.05) is 11.8 Å². The minimum Gasteiger partial charge on any atom is -0.464 e. The molecule has 1 unspecified atom stereocenters. The van der Waals surface area contributed by atoms with Gasteiger partial charge in [0.15, 0.2) is 10.4 Å². The summed E-state index contributed by atoms with van der Waals surface area (Å²) < 4.78 is 11.4. The second-order valence-electron chi connectivity index (χ2n) is 5.91. The second kappa shape index (κ2) is 9.32. The zero-order valence-corrected chi connectivity index (χ0v) is 17.0. The number of methoxy groups -OCH3 is 1. The molecule has 1 aromatic heterocycles. The number of carbonyl (C=O) groups is 2. The number of halogens is 1. The van der Waals surface area contributed by atoms with Crippen molar-refractivity contribution in [2.75, 3.05) is 12.4 Å². The summed E-state index contributed by atoms with van der Waals surface area (Å²) >= 11 is 3.41. The van der Waals surface area contributed by atoms with Gasteiger partial charge in [-0.05, 0) is 60.0 Å². The van der Waals surface area contributed by atoms with Gasteiger partial charge in [-0.15, -0.1) is 0 Å². The highest BCUT2D eigenvalue weighted by Crippen LogP contribution is 2.37. The quantitative estimate of drug-likeness (QED) is 0.724. The minimum atomic E-state index is -0.469. The highest BCUT2D eigenvalue weighted by Gasteiger charge is 2.22. The first kappa shape index (κ1) is 20.6. The molecule has 0 amide bonds. The van der Waals surface area contributed by atoms with E-state index >= 15 is 0 Å². The molecule has 1 atom stereocenters. The van der Waals surface area contributed by atoms with E-state index in [0.29, 0.717) is 10.4 Å². The van der Waals surface area contributed by atoms with Crippen molar-refractivity contribution in [1.82, 2.24) is 4.98 Å². The van der Waals surface area contributed by atoms with E-state index < -0.39 is 5.97 Å². The molecular formula is C20H21BrN2O4. The number of aromatic nitrogens is 1. The van der Waals surface area contributed by atoms with Gasteiger partial charge in [-0.3, -0.25) is 0 Å². The van der Waals surface area contributed by atoms with E-state index in [2.05, 4.69) is 45.3 Å². The lowest BCUT2D eigenvalue weighted by Gasteiger charge is -2.24. The van der Waals surface area contributed by atoms with Gasteiger partial charge in [0.25, 0.3) is 0 Å². The van der Waals surface area contributed by atoms with Crippen molar-refractivity contribution in [3.63, 3.8) is 0 Å². The molecule has 2 aromatic rings. The summed E-state index contributed by atoms with van der Waals surface area (Å²) in [7, 11) is 1.35. The number of ether oxygens (including phenoxy) is 2. The maximum absolute atomic E-state index is 11.9. The molecule has 1 aromatic carbocycles. The number of carbonyl (C=O) groups excluding carboxylic acids is 2. The smallest absolute Gasteiger partial charge is 0.358 e. The van der Waals surface area contributed by atoms with E-state index in [1.54, 1.807) is 12.3 Å². The predicted octanol–water partition coefficient (Wildman–Crippen LogP) is 4.34. The minimum absolute atomic E-state index is 0.0837. The molecule has 0 spiro atoms. The molecule has 0 saturated heterocycles. The number of nitrogens with zero attached hydrogens (tertiary/aromatic N) is 1. The third-order valence-electron chi connectivity index (χ3n) is 4.05. The summed E-state index contributed by atoms with van der Waals surface area (Å²) in [5.74, 6) is 0.381. The van der Waals surface area contributed by atoms with Crippen LogP contribution in [0.3, 0.4) is 0 Å². The lowest BCUT2D eigenvalue weighted by atomic mass is 9.97. The first-order valence-electron chi connectivity index (χ1n) is 8.25. The van der Waals surface area contributed by atoms with Gasteiger partial charge in [-0.1, -0.05) is 17.7 Å². The number of aryl methyl sites for hydroxylation is 1. The summed E-state index contributed by atoms with van der Waals surface area (Å²) in [6.07, 6.45) is 4.39. The highest BCUT2D eigenvalue weighted by atomic mass is 79.9. The van der Waals surface area contributed by atoms with Crippen LogP contribution in [-0.2, 0) is 16.0 Å². The molecule has 0 aliphatic carbocycles. The van der Waals surface area contributed by atoms with Crippen LogP contribution in [0.2, 0.25) is 0 Å². The Morgan fingerprint density at radius 2 is 2.15 bits per heavy atom. The summed E-state index contributed by atoms with van der Waals surface area (Å²) in [4.78, 5) is 24.0. The van der Waals surface area contributed by atoms with Crippen LogP contribution in [0.4, 0.5) is 5.69 Å². The van der Waals surface area contributed by atoms with E-state index in [9.17, 15) is 4.79 Å². The molecule has 7 heteroatoms. The fourth-order valence-electron chi connectivity index (χ4n) is 2.90. The number of nitrogens with one attached hydrogen (secondary N) is 1. The lowest BCUT2D eigenvalue weighted by Crippen LogP contribution is -2.15. The Bertz CT molecular complexity index is 867. The molecule has 1 aliphatic rings. The van der Waals surface area contributed by atoms with E-state index in [-0.39, 0.29) is 11.7 Å². The number of hydrogen-bond donors (Lipinski definition) is 1. The number of rotatable bonds is 4. The first-order valence-corrected chi connectivity index (χ1v) is 9.04. The lowest BCUT2D eigenvalue weighted by molar-refractivity contribution is -0.0980. The maximum atomic E-state index is 11.9. The van der Waals surface area contributed by atoms with E-state index in [1.807, 2.05) is 25.9 Å². The molecule has 142 valence electrons. The number of esters is 1. The van der Waals surface area contributed by atoms with Crippen molar-refractivity contribution in [3.05, 3.63) is 63.6 Å². The maximum Gasteiger partial charge on any atom is 0.358 e. The molecule has 0 bridgehead atoms. The van der Waals surface area contributed by atoms with E-state index in [0.717, 1.165) is 28.9 Å². The van der Waals surface area contributed by atoms with Crippen molar-refractivity contribution >= 4 is 34.4 Å². The Morgan fingerprint density at radius 3 is 2.85 bits per heavy atom. The van der Waals surface area contributed by atoms with Gasteiger partial charge in [0.2, 0.25) is 0 Å². The number of hydrogen-bond acceptors (Lipinski definition) is 6. The molecule has 1 aliphatic heterocycles. The number of allylic oxidation sites excluding steroid dienone is 1. The number of fused-ring (bicyclic) bond motifs is 1. The third kappa shape index (κ3) is 4.74. The van der Waals surface area contributed by atoms with Crippen molar-refractivity contribution in [2.45, 2.75) is 26.3 Å². The number of anilines is 1. The van der Waals surface area contributed by atoms with Crippen molar-refractivity contribution in [1.29, 1.82) is 0 Å². The zero-order chi connectivity index (χ0) is 20.0. The van der Waals surface area contributed by atoms with Crippen LogP contribution in [-0.4, -0.2) is 24.9 Å². The van der Waals surface area contributed by atoms with Gasteiger partial charge in [0.1, 0.15) is 12.5 Å². The molecule has 1 N–H and O–H groups in total. The SMILES string of the molecule is C=O.COC(=O)c1ncccc1NC(C)c1cc(C)cc2c1OC(Br)=CC2. The van der Waals surface area contributed by atoms with Crippen LogP contribution in [0, 0.1) is 6.92 Å². The molecule has 2 heterocycles. The fraction of sp³-hybridized carbons (Fsp3) is 0.250. The van der Waals surface area contributed by atoms with Crippen LogP contribution in [0.25, 0.3) is 0 Å². The summed E-state index contributed by atoms with van der Waals surface area (Å²) in [6.45, 7) is 6.09. The molecule has 0 radical (unpaired) electrons. The van der Waals surface area contributed by atoms with E-state index in [4.69, 9.17) is 14.3 Å². The topological polar surface area (TPSA) is 77.5 Å². The Balaban J connectivity index is 0.00000126. The van der Waals surface area contributed by atoms with Crippen molar-refractivity contribution in [3.8, 4) is 5.75 Å². The summed E-state index contributed by atoms with van der Waals surface area (Å²) in [5.41, 5.74) is 4.23. The molecular weight excluding hydrogens is 412 g/mol. The van der Waals surface area contributed by atoms with Gasteiger partial charge in [0.05, 0.1) is 18.8 Å². The van der Waals surface area contributed by atoms with Gasteiger partial charge in [-0.2, -0.15) is 0 Å². The van der Waals surface area contributed by atoms with Crippen LogP contribution in [0.1, 0.15) is 40.1 Å². The Morgan fingerprint density at radius 1 is 1.41 bits per heavy atom. The van der Waals surface area contributed by atoms with Crippen molar-refractivity contribution < 1.29 is 19.1 Å². The normalized spacial score (nSPS) is 13.1. The van der Waals surface area contributed by atoms with Gasteiger partial charge in [-0.25, -0.2) is 9.78 Å². The Labute approximate surface area is 166 Å². The van der Waals surface area contributed by atoms with Crippen LogP contribution in [0.15, 0.2) is 41.2 Å². The second-order valence-corrected chi connectivity index (χ2v) is 6.70. The van der Waals surface area contributed by atoms with Gasteiger partial charge < -0.3 is 19.6 Å². The standard InChI is InChI=1S/C19H19BrN2O3.CH2O/c1-11-9-13-6-7-16(20)25-18(13)14(10-11)12(2)22-15-5-4-8-21-17(15)19(23)24-3;1-2/h4-5,7-10,12,22H,6H2,1-3H3;1H2. The van der Waals surface area contributed by atoms with Crippen LogP contribution < -0.4 is 10.1 Å². The number of pyridine rings is 1. The fourth-order valence-corrected chi connectivity index (χ4v) is 3.22. The largest absolute Gasteiger partial charge is 0.464 e. The average Bonchev–Trinajstić information content (AvgIpc) is 2.69. The number of benzene rings is 1. The molecule has 0 saturated carbocycles. The third-order valence-corrected chi connectivity index (χ3v) is 4.53. The average molecular weight is 433 g/mol. The highest BCUT2D eigenvalue weighted by molar-refractivity contribution is 9.11. The van der Waals surface area contributed by atoms with Crippen LogP contribution >= 0.6 is 15.9 Å². The molecule has 0 fully saturated rings. The van der Waals surface area contributed by atoms with E-state index in [1.165, 1.54) is 7.11 Å². The zero-order valence-electron chi connectivity index (χ0n) is 15.4.